The Bertz CT molecular complexity index is 2340. The van der Waals surface area contributed by atoms with Crippen molar-refractivity contribution >= 4 is 55.8 Å². The number of oxazole rings is 1. The Labute approximate surface area is 319 Å². The quantitative estimate of drug-likeness (QED) is 0.229. The average molecular weight is 767 g/mol. The zero-order valence-corrected chi connectivity index (χ0v) is 31.9. The van der Waals surface area contributed by atoms with E-state index in [1.807, 2.05) is 67.6 Å². The average Bonchev–Trinajstić information content (AvgIpc) is 3.99. The van der Waals surface area contributed by atoms with E-state index in [-0.39, 0.29) is 31.3 Å². The van der Waals surface area contributed by atoms with Gasteiger partial charge in [-0.05, 0) is 83.4 Å². The Hall–Kier alpha value is -4.98. The van der Waals surface area contributed by atoms with Crippen molar-refractivity contribution in [3.05, 3.63) is 71.9 Å². The van der Waals surface area contributed by atoms with Crippen LogP contribution in [0.3, 0.4) is 0 Å². The summed E-state index contributed by atoms with van der Waals surface area (Å²) in [5.74, 6) is -1.29. The van der Waals surface area contributed by atoms with Crippen LogP contribution in [0.4, 0.5) is 6.01 Å². The number of fused-ring (bicyclic) bond motifs is 6. The largest absolute Gasteiger partial charge is 0.483 e. The van der Waals surface area contributed by atoms with Crippen molar-refractivity contribution in [1.29, 1.82) is 0 Å². The Morgan fingerprint density at radius 1 is 0.982 bits per heavy atom. The molecule has 5 aliphatic rings. The number of benzene rings is 2. The molecule has 1 saturated heterocycles. The van der Waals surface area contributed by atoms with E-state index in [2.05, 4.69) is 20.3 Å². The van der Waals surface area contributed by atoms with Crippen LogP contribution in [-0.2, 0) is 30.8 Å². The smallest absolute Gasteiger partial charge is 0.296 e. The minimum absolute atomic E-state index is 0.136. The van der Waals surface area contributed by atoms with Gasteiger partial charge in [-0.25, -0.2) is 13.4 Å². The van der Waals surface area contributed by atoms with Gasteiger partial charge in [-0.15, -0.1) is 0 Å². The number of carbonyl (C=O) groups excluding carboxylic acids is 3. The normalized spacial score (nSPS) is 29.6. The van der Waals surface area contributed by atoms with Gasteiger partial charge in [0.1, 0.15) is 34.5 Å². The van der Waals surface area contributed by atoms with Crippen molar-refractivity contribution < 1.29 is 32.0 Å². The van der Waals surface area contributed by atoms with Gasteiger partial charge in [0.25, 0.3) is 11.9 Å². The molecular formula is C41H46N6O7S. The summed E-state index contributed by atoms with van der Waals surface area (Å²) in [6, 6.07) is 13.8. The van der Waals surface area contributed by atoms with Gasteiger partial charge >= 0.3 is 0 Å². The summed E-state index contributed by atoms with van der Waals surface area (Å²) in [7, 11) is -3.96. The molecular weight excluding hydrogens is 721 g/mol. The number of hydrogen-bond acceptors (Lipinski definition) is 10. The molecule has 2 saturated carbocycles. The monoisotopic (exact) mass is 766 g/mol. The number of carbonyl (C=O) groups is 3. The number of aryl methyl sites for hydroxylation is 2. The van der Waals surface area contributed by atoms with E-state index in [9.17, 15) is 22.8 Å². The Kier molecular flexibility index (Phi) is 8.48. The molecule has 0 bridgehead atoms. The number of hydrogen-bond donors (Lipinski definition) is 3. The van der Waals surface area contributed by atoms with Crippen molar-refractivity contribution in [2.24, 2.45) is 5.92 Å². The van der Waals surface area contributed by atoms with Crippen molar-refractivity contribution in [3.8, 4) is 5.75 Å². The lowest BCUT2D eigenvalue weighted by Crippen LogP contribution is -2.58. The summed E-state index contributed by atoms with van der Waals surface area (Å²) in [4.78, 5) is 54.6. The first-order valence-electron chi connectivity index (χ1n) is 19.4. The first kappa shape index (κ1) is 35.7. The van der Waals surface area contributed by atoms with E-state index in [0.717, 1.165) is 47.8 Å². The molecule has 2 aromatic carbocycles. The molecule has 3 aliphatic heterocycles. The van der Waals surface area contributed by atoms with E-state index in [1.54, 1.807) is 11.8 Å². The van der Waals surface area contributed by atoms with Crippen LogP contribution < -0.4 is 20.1 Å². The van der Waals surface area contributed by atoms with Gasteiger partial charge in [0.05, 0.1) is 22.5 Å². The number of para-hydroxylation sites is 3. The maximum Gasteiger partial charge on any atom is 0.296 e. The van der Waals surface area contributed by atoms with Gasteiger partial charge in [-0.1, -0.05) is 55.3 Å². The Balaban J connectivity index is 1.07. The van der Waals surface area contributed by atoms with Crippen LogP contribution in [-0.4, -0.2) is 75.5 Å². The molecule has 5 heterocycles. The summed E-state index contributed by atoms with van der Waals surface area (Å²) in [6.45, 7) is 3.67. The van der Waals surface area contributed by atoms with Crippen LogP contribution in [0.15, 0.2) is 65.1 Å². The van der Waals surface area contributed by atoms with Crippen LogP contribution in [0, 0.1) is 12.8 Å². The number of nitrogens with one attached hydrogen (secondary N) is 3. The summed E-state index contributed by atoms with van der Waals surface area (Å²) >= 11 is 0. The second kappa shape index (κ2) is 13.1. The van der Waals surface area contributed by atoms with Crippen molar-refractivity contribution in [2.75, 3.05) is 11.9 Å². The van der Waals surface area contributed by atoms with Crippen molar-refractivity contribution in [2.45, 2.75) is 112 Å². The highest BCUT2D eigenvalue weighted by atomic mass is 32.2. The van der Waals surface area contributed by atoms with E-state index >= 15 is 0 Å². The van der Waals surface area contributed by atoms with Crippen molar-refractivity contribution in [1.82, 2.24) is 24.9 Å². The first-order chi connectivity index (χ1) is 26.4. The first-order valence-corrected chi connectivity index (χ1v) is 20.9. The predicted molar refractivity (Wildman–Crippen MR) is 206 cm³/mol. The van der Waals surface area contributed by atoms with Crippen LogP contribution in [0.2, 0.25) is 0 Å². The summed E-state index contributed by atoms with van der Waals surface area (Å²) in [5.41, 5.74) is 1.54. The van der Waals surface area contributed by atoms with Gasteiger partial charge in [-0.3, -0.25) is 19.1 Å². The highest BCUT2D eigenvalue weighted by Gasteiger charge is 2.64. The lowest BCUT2D eigenvalue weighted by molar-refractivity contribution is -0.140. The van der Waals surface area contributed by atoms with Crippen LogP contribution in [0.5, 0.6) is 5.75 Å². The Morgan fingerprint density at radius 2 is 1.76 bits per heavy atom. The highest BCUT2D eigenvalue weighted by molar-refractivity contribution is 7.91. The standard InChI is InChI=1S/C41H46N6O7S/c1-25-34-28(27-13-8-9-14-29(27)42-25)18-19-40(54-34)23-32-35(48)45-41(37(50)46-55(51,52)39(2)20-21-39)22-26(41)12-6-4-3-5-7-16-31(36(49)47(32)24-40)44-38-43-30-15-10-11-17-33(30)53-38/h6,8-15,17,26,31-32H,3-5,7,16,18-24H2,1-2H3,(H,43,44)(H,45,48)(H,46,50)/b12-6-/t26-,31+,32+,40-,41-/m1/s1. The predicted octanol–water partition coefficient (Wildman–Crippen LogP) is 5.22. The summed E-state index contributed by atoms with van der Waals surface area (Å²) in [5, 5.41) is 7.28. The summed E-state index contributed by atoms with van der Waals surface area (Å²) in [6.07, 6.45) is 10.2. The molecule has 55 heavy (non-hydrogen) atoms. The fourth-order valence-corrected chi connectivity index (χ4v) is 10.0. The summed E-state index contributed by atoms with van der Waals surface area (Å²) < 4.78 is 40.7. The SMILES string of the molecule is Cc1nc2ccccc2c2c1O[C@]1(CC2)C[C@H]2C(=O)N[C@]3(C(=O)NS(=O)(=O)C4(C)CC4)C[C@H]3/C=C\CCCCC[C@H](Nc3nc4ccccc4o3)C(=O)N2C1. The van der Waals surface area contributed by atoms with Crippen LogP contribution in [0.1, 0.15) is 82.4 Å². The zero-order valence-electron chi connectivity index (χ0n) is 31.1. The van der Waals surface area contributed by atoms with Crippen LogP contribution >= 0.6 is 0 Å². The number of pyridine rings is 1. The van der Waals surface area contributed by atoms with E-state index in [1.165, 1.54) is 0 Å². The molecule has 9 rings (SSSR count). The molecule has 13 nitrogen and oxygen atoms in total. The second-order valence-electron chi connectivity index (χ2n) is 16.4. The zero-order chi connectivity index (χ0) is 38.2. The minimum atomic E-state index is -3.96. The number of anilines is 1. The van der Waals surface area contributed by atoms with Gasteiger partial charge in [-0.2, -0.15) is 4.98 Å². The molecule has 2 aromatic heterocycles. The second-order valence-corrected chi connectivity index (χ2v) is 18.6. The molecule has 3 amide bonds. The molecule has 4 aromatic rings. The number of allylic oxidation sites excluding steroid dienone is 1. The molecule has 14 heteroatoms. The molecule has 3 fully saturated rings. The molecule has 0 radical (unpaired) electrons. The third-order valence-electron chi connectivity index (χ3n) is 12.5. The maximum atomic E-state index is 14.9. The van der Waals surface area contributed by atoms with Crippen molar-refractivity contribution in [3.63, 3.8) is 0 Å². The number of ether oxygens (including phenoxy) is 1. The minimum Gasteiger partial charge on any atom is -0.483 e. The number of aromatic nitrogens is 2. The van der Waals surface area contributed by atoms with E-state index in [0.29, 0.717) is 49.0 Å². The number of amides is 3. The Morgan fingerprint density at radius 3 is 2.56 bits per heavy atom. The van der Waals surface area contributed by atoms with Gasteiger partial charge in [0.15, 0.2) is 5.58 Å². The molecule has 5 atom stereocenters. The van der Waals surface area contributed by atoms with Gasteiger partial charge in [0.2, 0.25) is 21.8 Å². The molecule has 2 aliphatic carbocycles. The van der Waals surface area contributed by atoms with Crippen LogP contribution in [0.25, 0.3) is 22.0 Å². The molecule has 1 spiro atoms. The maximum absolute atomic E-state index is 14.9. The third kappa shape index (κ3) is 6.31. The number of rotatable bonds is 5. The fraction of sp³-hybridized carbons (Fsp3) is 0.488. The molecule has 288 valence electrons. The van der Waals surface area contributed by atoms with E-state index < -0.39 is 55.7 Å². The molecule has 0 unspecified atom stereocenters. The van der Waals surface area contributed by atoms with E-state index in [4.69, 9.17) is 14.1 Å². The number of sulfonamides is 1. The fourth-order valence-electron chi connectivity index (χ4n) is 8.73. The number of nitrogens with zero attached hydrogens (tertiary/aromatic N) is 3. The van der Waals surface area contributed by atoms with Gasteiger partial charge in [0, 0.05) is 23.3 Å². The van der Waals surface area contributed by atoms with Gasteiger partial charge < -0.3 is 24.7 Å². The lowest BCUT2D eigenvalue weighted by atomic mass is 9.87. The molecule has 3 N–H and O–H groups in total. The topological polar surface area (TPSA) is 173 Å². The third-order valence-corrected chi connectivity index (χ3v) is 14.6. The lowest BCUT2D eigenvalue weighted by Gasteiger charge is -2.36. The highest BCUT2D eigenvalue weighted by Crippen LogP contribution is 2.49.